The van der Waals surface area contributed by atoms with Crippen molar-refractivity contribution in [2.45, 2.75) is 45.8 Å². The number of hydrogen-bond acceptors (Lipinski definition) is 3. The summed E-state index contributed by atoms with van der Waals surface area (Å²) < 4.78 is 2.12. The maximum atomic E-state index is 13.3. The van der Waals surface area contributed by atoms with Crippen molar-refractivity contribution in [2.75, 3.05) is 6.61 Å². The molecule has 1 aromatic carbocycles. The van der Waals surface area contributed by atoms with Crippen LogP contribution in [0.1, 0.15) is 31.7 Å². The van der Waals surface area contributed by atoms with Crippen LogP contribution in [0, 0.1) is 11.8 Å². The molecule has 2 aromatic rings. The Labute approximate surface area is 149 Å². The Kier molecular flexibility index (Phi) is 5.53. The molecule has 1 aromatic heterocycles. The van der Waals surface area contributed by atoms with Crippen molar-refractivity contribution < 1.29 is 9.90 Å². The summed E-state index contributed by atoms with van der Waals surface area (Å²) in [4.78, 5) is 19.6. The van der Waals surface area contributed by atoms with Crippen LogP contribution in [-0.4, -0.2) is 38.1 Å². The Hall–Kier alpha value is -2.14. The first-order valence-corrected chi connectivity index (χ1v) is 9.05. The van der Waals surface area contributed by atoms with E-state index in [2.05, 4.69) is 23.4 Å². The molecule has 0 unspecified atom stereocenters. The summed E-state index contributed by atoms with van der Waals surface area (Å²) in [6, 6.07) is 9.83. The minimum absolute atomic E-state index is 0.0163. The van der Waals surface area contributed by atoms with Crippen molar-refractivity contribution in [1.29, 1.82) is 0 Å². The molecule has 0 fully saturated rings. The van der Waals surface area contributed by atoms with E-state index >= 15 is 0 Å². The topological polar surface area (TPSA) is 58.4 Å². The smallest absolute Gasteiger partial charge is 0.226 e. The zero-order valence-corrected chi connectivity index (χ0v) is 15.0. The molecule has 2 heterocycles. The van der Waals surface area contributed by atoms with E-state index in [4.69, 9.17) is 0 Å². The fraction of sp³-hybridized carbons (Fsp3) is 0.500. The van der Waals surface area contributed by atoms with Crippen LogP contribution in [0.5, 0.6) is 0 Å². The molecule has 134 valence electrons. The fourth-order valence-electron chi connectivity index (χ4n) is 3.60. The highest BCUT2D eigenvalue weighted by Crippen LogP contribution is 2.25. The lowest BCUT2D eigenvalue weighted by atomic mass is 9.93. The zero-order chi connectivity index (χ0) is 17.8. The Morgan fingerprint density at radius 1 is 1.36 bits per heavy atom. The van der Waals surface area contributed by atoms with Crippen molar-refractivity contribution in [3.63, 3.8) is 0 Å². The Balaban J connectivity index is 1.81. The van der Waals surface area contributed by atoms with Crippen LogP contribution in [0.2, 0.25) is 0 Å². The molecular weight excluding hydrogens is 314 g/mol. The molecule has 5 nitrogen and oxygen atoms in total. The van der Waals surface area contributed by atoms with Crippen LogP contribution in [0.3, 0.4) is 0 Å². The lowest BCUT2D eigenvalue weighted by Crippen LogP contribution is -2.48. The van der Waals surface area contributed by atoms with Gasteiger partial charge in [-0.1, -0.05) is 44.2 Å². The van der Waals surface area contributed by atoms with Crippen LogP contribution >= 0.6 is 0 Å². The van der Waals surface area contributed by atoms with Gasteiger partial charge in [0.15, 0.2) is 0 Å². The second-order valence-electron chi connectivity index (χ2n) is 7.17. The second-order valence-corrected chi connectivity index (χ2v) is 7.17. The molecule has 3 rings (SSSR count). The van der Waals surface area contributed by atoms with Crippen molar-refractivity contribution in [3.05, 3.63) is 54.1 Å². The minimum atomic E-state index is -0.172. The highest BCUT2D eigenvalue weighted by molar-refractivity contribution is 5.79. The average molecular weight is 341 g/mol. The number of aromatic nitrogens is 2. The quantitative estimate of drug-likeness (QED) is 0.878. The van der Waals surface area contributed by atoms with Crippen molar-refractivity contribution in [2.24, 2.45) is 11.8 Å². The van der Waals surface area contributed by atoms with Gasteiger partial charge in [0.1, 0.15) is 5.82 Å². The molecule has 1 aliphatic heterocycles. The summed E-state index contributed by atoms with van der Waals surface area (Å²) in [5.41, 5.74) is 1.09. The molecule has 5 heteroatoms. The number of fused-ring (bicyclic) bond motifs is 1. The van der Waals surface area contributed by atoms with E-state index in [9.17, 15) is 9.90 Å². The van der Waals surface area contributed by atoms with Crippen LogP contribution in [0.4, 0.5) is 0 Å². The standard InChI is InChI=1S/C20H27N3O2/c1-15(2)18(14-24)23(13-16-6-4-3-5-7-16)20(25)17-8-10-22-11-9-21-19(22)12-17/h3-7,9,11,15,17-18,24H,8,10,12-14H2,1-2H3/t17-,18+/m1/s1. The minimum Gasteiger partial charge on any atom is -0.394 e. The number of amides is 1. The van der Waals surface area contributed by atoms with Crippen LogP contribution in [0.25, 0.3) is 0 Å². The third kappa shape index (κ3) is 3.93. The maximum absolute atomic E-state index is 13.3. The van der Waals surface area contributed by atoms with E-state index in [1.165, 1.54) is 0 Å². The summed E-state index contributed by atoms with van der Waals surface area (Å²) in [6.07, 6.45) is 5.27. The Bertz CT molecular complexity index is 696. The van der Waals surface area contributed by atoms with Gasteiger partial charge in [-0.15, -0.1) is 0 Å². The molecule has 1 N–H and O–H groups in total. The molecule has 0 saturated heterocycles. The predicted molar refractivity (Wildman–Crippen MR) is 96.7 cm³/mol. The van der Waals surface area contributed by atoms with Gasteiger partial charge in [0.25, 0.3) is 0 Å². The molecule has 0 radical (unpaired) electrons. The number of imidazole rings is 1. The van der Waals surface area contributed by atoms with Gasteiger partial charge in [-0.2, -0.15) is 0 Å². The number of benzene rings is 1. The molecule has 1 aliphatic rings. The Morgan fingerprint density at radius 2 is 2.12 bits per heavy atom. The highest BCUT2D eigenvalue weighted by Gasteiger charge is 2.33. The van der Waals surface area contributed by atoms with E-state index in [1.54, 1.807) is 6.20 Å². The third-order valence-electron chi connectivity index (χ3n) is 5.13. The SMILES string of the molecule is CC(C)[C@H](CO)N(Cc1ccccc1)C(=O)[C@@H]1CCn2ccnc2C1. The zero-order valence-electron chi connectivity index (χ0n) is 15.0. The summed E-state index contributed by atoms with van der Waals surface area (Å²) in [6.45, 7) is 5.46. The molecule has 1 amide bonds. The van der Waals surface area contributed by atoms with Gasteiger partial charge in [-0.3, -0.25) is 4.79 Å². The molecule has 0 spiro atoms. The summed E-state index contributed by atoms with van der Waals surface area (Å²) >= 11 is 0. The maximum Gasteiger partial charge on any atom is 0.226 e. The van der Waals surface area contributed by atoms with Gasteiger partial charge in [0.2, 0.25) is 5.91 Å². The summed E-state index contributed by atoms with van der Waals surface area (Å²) in [7, 11) is 0. The number of aliphatic hydroxyl groups excluding tert-OH is 1. The molecule has 2 atom stereocenters. The Morgan fingerprint density at radius 3 is 2.80 bits per heavy atom. The van der Waals surface area contributed by atoms with Gasteiger partial charge in [0.05, 0.1) is 12.6 Å². The van der Waals surface area contributed by atoms with Crippen LogP contribution < -0.4 is 0 Å². The average Bonchev–Trinajstić information content (AvgIpc) is 3.09. The monoisotopic (exact) mass is 341 g/mol. The predicted octanol–water partition coefficient (Wildman–Crippen LogP) is 2.49. The molecule has 25 heavy (non-hydrogen) atoms. The van der Waals surface area contributed by atoms with Gasteiger partial charge in [0, 0.05) is 37.8 Å². The molecule has 0 saturated carbocycles. The lowest BCUT2D eigenvalue weighted by molar-refractivity contribution is -0.141. The van der Waals surface area contributed by atoms with Gasteiger partial charge in [-0.05, 0) is 17.9 Å². The second kappa shape index (κ2) is 7.83. The first-order valence-electron chi connectivity index (χ1n) is 9.05. The van der Waals surface area contributed by atoms with Crippen molar-refractivity contribution in [1.82, 2.24) is 14.5 Å². The van der Waals surface area contributed by atoms with Crippen molar-refractivity contribution in [3.8, 4) is 0 Å². The van der Waals surface area contributed by atoms with Gasteiger partial charge < -0.3 is 14.6 Å². The van der Waals surface area contributed by atoms with Gasteiger partial charge in [-0.25, -0.2) is 4.98 Å². The fourth-order valence-corrected chi connectivity index (χ4v) is 3.60. The van der Waals surface area contributed by atoms with Crippen molar-refractivity contribution >= 4 is 5.91 Å². The van der Waals surface area contributed by atoms with E-state index in [0.717, 1.165) is 24.4 Å². The molecular formula is C20H27N3O2. The summed E-state index contributed by atoms with van der Waals surface area (Å²) in [5.74, 6) is 1.25. The van der Waals surface area contributed by atoms with E-state index in [0.29, 0.717) is 13.0 Å². The number of rotatable bonds is 6. The van der Waals surface area contributed by atoms with Crippen LogP contribution in [-0.2, 0) is 24.3 Å². The van der Waals surface area contributed by atoms with Crippen LogP contribution in [0.15, 0.2) is 42.7 Å². The van der Waals surface area contributed by atoms with E-state index in [-0.39, 0.29) is 30.4 Å². The number of carbonyl (C=O) groups excluding carboxylic acids is 1. The first-order chi connectivity index (χ1) is 12.1. The normalized spacial score (nSPS) is 18.0. The van der Waals surface area contributed by atoms with Gasteiger partial charge >= 0.3 is 0 Å². The number of aliphatic hydroxyl groups is 1. The summed E-state index contributed by atoms with van der Waals surface area (Å²) in [5, 5.41) is 9.91. The number of hydrogen-bond donors (Lipinski definition) is 1. The molecule has 0 bridgehead atoms. The molecule has 0 aliphatic carbocycles. The number of aryl methyl sites for hydroxylation is 1. The number of nitrogens with zero attached hydrogens (tertiary/aromatic N) is 3. The third-order valence-corrected chi connectivity index (χ3v) is 5.13. The highest BCUT2D eigenvalue weighted by atomic mass is 16.3. The van der Waals surface area contributed by atoms with E-state index < -0.39 is 0 Å². The largest absolute Gasteiger partial charge is 0.394 e. The number of carbonyl (C=O) groups is 1. The first kappa shape index (κ1) is 17.7. The van der Waals surface area contributed by atoms with E-state index in [1.807, 2.05) is 41.4 Å². The lowest BCUT2D eigenvalue weighted by Gasteiger charge is -2.37.